The number of furan rings is 1. The van der Waals surface area contributed by atoms with Gasteiger partial charge in [-0.05, 0) is 29.8 Å². The van der Waals surface area contributed by atoms with Crippen molar-refractivity contribution in [1.29, 1.82) is 0 Å². The molecule has 122 valence electrons. The second-order valence-corrected chi connectivity index (χ2v) is 5.47. The van der Waals surface area contributed by atoms with Crippen molar-refractivity contribution >= 4 is 28.6 Å². The molecule has 4 nitrogen and oxygen atoms in total. The molecule has 3 aromatic rings. The van der Waals surface area contributed by atoms with E-state index in [1.54, 1.807) is 30.3 Å². The second-order valence-electron chi connectivity index (χ2n) is 5.47. The number of para-hydroxylation sites is 1. The zero-order valence-corrected chi connectivity index (χ0v) is 13.5. The van der Waals surface area contributed by atoms with Gasteiger partial charge in [-0.1, -0.05) is 37.3 Å². The van der Waals surface area contributed by atoms with Crippen LogP contribution in [-0.4, -0.2) is 11.0 Å². The third kappa shape index (κ3) is 3.39. The summed E-state index contributed by atoms with van der Waals surface area (Å²) < 4.78 is 5.82. The average molecular weight is 321 g/mol. The maximum absolute atomic E-state index is 12.2. The average Bonchev–Trinajstić information content (AvgIpc) is 2.98. The van der Waals surface area contributed by atoms with Gasteiger partial charge >= 0.3 is 0 Å². The van der Waals surface area contributed by atoms with Crippen LogP contribution in [0, 0.1) is 0 Å². The zero-order chi connectivity index (χ0) is 16.9. The van der Waals surface area contributed by atoms with Crippen LogP contribution in [0.1, 0.15) is 23.8 Å². The largest absolute Gasteiger partial charge is 0.460 e. The Hall–Kier alpha value is -2.85. The molecule has 0 aliphatic carbocycles. The molecule has 0 saturated heterocycles. The summed E-state index contributed by atoms with van der Waals surface area (Å²) in [6, 6.07) is 14.9. The molecule has 2 aromatic carbocycles. The lowest BCUT2D eigenvalue weighted by Crippen LogP contribution is -2.07. The number of benzene rings is 2. The first-order chi connectivity index (χ1) is 11.7. The monoisotopic (exact) mass is 321 g/mol. The Bertz CT molecular complexity index is 893. The minimum absolute atomic E-state index is 0.0551. The van der Waals surface area contributed by atoms with Crippen molar-refractivity contribution in [2.24, 2.45) is 0 Å². The molecular weight excluding hydrogens is 302 g/mol. The molecule has 1 heterocycles. The van der Waals surface area contributed by atoms with Gasteiger partial charge in [-0.3, -0.25) is 4.79 Å². The molecule has 0 atom stereocenters. The number of fused-ring (bicyclic) bond motifs is 1. The summed E-state index contributed by atoms with van der Waals surface area (Å²) >= 11 is 0. The van der Waals surface area contributed by atoms with Crippen molar-refractivity contribution in [3.8, 4) is 0 Å². The fraction of sp³-hybridized carbons (Fsp3) is 0.150. The Kier molecular flexibility index (Phi) is 4.77. The summed E-state index contributed by atoms with van der Waals surface area (Å²) in [5, 5.41) is 12.9. The first-order valence-corrected chi connectivity index (χ1v) is 7.90. The van der Waals surface area contributed by atoms with Crippen LogP contribution >= 0.6 is 0 Å². The van der Waals surface area contributed by atoms with Crippen molar-refractivity contribution in [2.45, 2.75) is 20.0 Å². The number of aliphatic hydroxyl groups excluding tert-OH is 1. The number of carbonyl (C=O) groups excluding carboxylic acids is 1. The van der Waals surface area contributed by atoms with Crippen LogP contribution in [0.4, 0.5) is 5.69 Å². The van der Waals surface area contributed by atoms with Gasteiger partial charge in [0.2, 0.25) is 5.91 Å². The number of nitrogens with one attached hydrogen (secondary N) is 1. The summed E-state index contributed by atoms with van der Waals surface area (Å²) in [6.07, 6.45) is 4.05. The van der Waals surface area contributed by atoms with Crippen LogP contribution in [0.2, 0.25) is 0 Å². The molecule has 3 rings (SSSR count). The van der Waals surface area contributed by atoms with E-state index < -0.39 is 0 Å². The number of anilines is 1. The fourth-order valence-corrected chi connectivity index (χ4v) is 2.65. The van der Waals surface area contributed by atoms with Crippen molar-refractivity contribution < 1.29 is 14.3 Å². The van der Waals surface area contributed by atoms with Gasteiger partial charge in [0.05, 0.1) is 6.61 Å². The van der Waals surface area contributed by atoms with E-state index in [4.69, 9.17) is 9.52 Å². The Balaban J connectivity index is 1.81. The van der Waals surface area contributed by atoms with Crippen molar-refractivity contribution in [3.05, 3.63) is 71.5 Å². The van der Waals surface area contributed by atoms with E-state index in [9.17, 15) is 4.79 Å². The molecule has 0 bridgehead atoms. The molecule has 0 aliphatic heterocycles. The van der Waals surface area contributed by atoms with E-state index >= 15 is 0 Å². The van der Waals surface area contributed by atoms with Crippen LogP contribution in [-0.2, 0) is 17.8 Å². The van der Waals surface area contributed by atoms with E-state index in [-0.39, 0.29) is 12.5 Å². The van der Waals surface area contributed by atoms with Crippen LogP contribution < -0.4 is 5.32 Å². The van der Waals surface area contributed by atoms with Gasteiger partial charge in [0.25, 0.3) is 0 Å². The maximum Gasteiger partial charge on any atom is 0.248 e. The van der Waals surface area contributed by atoms with Gasteiger partial charge in [0.1, 0.15) is 11.3 Å². The van der Waals surface area contributed by atoms with Crippen molar-refractivity contribution in [3.63, 3.8) is 0 Å². The minimum atomic E-state index is -0.225. The first kappa shape index (κ1) is 16.0. The van der Waals surface area contributed by atoms with Gasteiger partial charge in [-0.25, -0.2) is 0 Å². The number of aryl methyl sites for hydroxylation is 1. The summed E-state index contributed by atoms with van der Waals surface area (Å²) in [4.78, 5) is 12.2. The molecule has 0 unspecified atom stereocenters. The number of carbonyl (C=O) groups is 1. The molecule has 0 aliphatic rings. The van der Waals surface area contributed by atoms with Crippen LogP contribution in [0.15, 0.2) is 59.0 Å². The highest BCUT2D eigenvalue weighted by molar-refractivity contribution is 6.03. The predicted molar refractivity (Wildman–Crippen MR) is 95.6 cm³/mol. The number of hydrogen-bond acceptors (Lipinski definition) is 3. The van der Waals surface area contributed by atoms with E-state index in [1.807, 2.05) is 31.2 Å². The number of aliphatic hydroxyl groups is 1. The third-order valence-corrected chi connectivity index (χ3v) is 3.81. The molecule has 0 fully saturated rings. The van der Waals surface area contributed by atoms with E-state index in [0.717, 1.165) is 34.3 Å². The van der Waals surface area contributed by atoms with E-state index in [0.29, 0.717) is 5.69 Å². The number of amides is 1. The van der Waals surface area contributed by atoms with Gasteiger partial charge in [0, 0.05) is 29.1 Å². The molecule has 1 aromatic heterocycles. The quantitative estimate of drug-likeness (QED) is 0.694. The highest BCUT2D eigenvalue weighted by Crippen LogP contribution is 2.27. The number of hydrogen-bond donors (Lipinski definition) is 2. The van der Waals surface area contributed by atoms with Crippen LogP contribution in [0.3, 0.4) is 0 Å². The summed E-state index contributed by atoms with van der Waals surface area (Å²) in [5.41, 5.74) is 3.17. The van der Waals surface area contributed by atoms with Crippen molar-refractivity contribution in [2.75, 3.05) is 5.32 Å². The van der Waals surface area contributed by atoms with Gasteiger partial charge < -0.3 is 14.8 Å². The third-order valence-electron chi connectivity index (χ3n) is 3.81. The normalized spacial score (nSPS) is 11.2. The van der Waals surface area contributed by atoms with Crippen molar-refractivity contribution in [1.82, 2.24) is 0 Å². The van der Waals surface area contributed by atoms with Crippen LogP contribution in [0.25, 0.3) is 17.0 Å². The van der Waals surface area contributed by atoms with Gasteiger partial charge in [-0.2, -0.15) is 0 Å². The lowest BCUT2D eigenvalue weighted by Gasteiger charge is -2.03. The smallest absolute Gasteiger partial charge is 0.248 e. The van der Waals surface area contributed by atoms with Gasteiger partial charge in [0.15, 0.2) is 0 Å². The highest BCUT2D eigenvalue weighted by Gasteiger charge is 2.10. The summed E-state index contributed by atoms with van der Waals surface area (Å²) in [5.74, 6) is 0.639. The van der Waals surface area contributed by atoms with Gasteiger partial charge in [-0.15, -0.1) is 0 Å². The summed E-state index contributed by atoms with van der Waals surface area (Å²) in [7, 11) is 0. The molecular formula is C20H19NO3. The molecule has 1 amide bonds. The molecule has 0 saturated carbocycles. The molecule has 4 heteroatoms. The molecule has 2 N–H and O–H groups in total. The maximum atomic E-state index is 12.2. The topological polar surface area (TPSA) is 62.5 Å². The lowest BCUT2D eigenvalue weighted by molar-refractivity contribution is -0.111. The Morgan fingerprint density at radius 1 is 1.21 bits per heavy atom. The van der Waals surface area contributed by atoms with E-state index in [2.05, 4.69) is 5.32 Å². The Morgan fingerprint density at radius 2 is 2.04 bits per heavy atom. The predicted octanol–water partition coefficient (Wildman–Crippen LogP) is 4.14. The Labute approximate surface area is 140 Å². The highest BCUT2D eigenvalue weighted by atomic mass is 16.3. The SMILES string of the molecule is CCc1oc2ccccc2c1/C=C/C(=O)Nc1cccc(CO)c1. The second kappa shape index (κ2) is 7.15. The first-order valence-electron chi connectivity index (χ1n) is 7.90. The molecule has 24 heavy (non-hydrogen) atoms. The van der Waals surface area contributed by atoms with E-state index in [1.165, 1.54) is 6.08 Å². The molecule has 0 spiro atoms. The Morgan fingerprint density at radius 3 is 2.83 bits per heavy atom. The zero-order valence-electron chi connectivity index (χ0n) is 13.5. The lowest BCUT2D eigenvalue weighted by atomic mass is 10.1. The minimum Gasteiger partial charge on any atom is -0.460 e. The fourth-order valence-electron chi connectivity index (χ4n) is 2.65. The standard InChI is InChI=1S/C20H19NO3/c1-2-18-17(16-8-3-4-9-19(16)24-18)10-11-20(23)21-15-7-5-6-14(12-15)13-22/h3-12,22H,2,13H2,1H3,(H,21,23)/b11-10+. The summed E-state index contributed by atoms with van der Waals surface area (Å²) in [6.45, 7) is 1.97. The van der Waals surface area contributed by atoms with Crippen LogP contribution in [0.5, 0.6) is 0 Å². The number of rotatable bonds is 5. The molecule has 0 radical (unpaired) electrons.